The summed E-state index contributed by atoms with van der Waals surface area (Å²) in [6.45, 7) is 1.38. The lowest BCUT2D eigenvalue weighted by molar-refractivity contribution is 0.0605. The van der Waals surface area contributed by atoms with E-state index in [1.807, 2.05) is 4.90 Å². The topological polar surface area (TPSA) is 46.3 Å². The van der Waals surface area contributed by atoms with E-state index >= 15 is 0 Å². The maximum Gasteiger partial charge on any atom is 0.255 e. The van der Waals surface area contributed by atoms with Crippen LogP contribution in [0.2, 0.25) is 10.0 Å². The minimum atomic E-state index is -0.0141. The van der Waals surface area contributed by atoms with Gasteiger partial charge in [0, 0.05) is 17.6 Å². The van der Waals surface area contributed by atoms with Crippen LogP contribution in [0, 0.1) is 0 Å². The summed E-state index contributed by atoms with van der Waals surface area (Å²) in [5, 5.41) is 0.952. The van der Waals surface area contributed by atoms with Gasteiger partial charge in [0.05, 0.1) is 10.6 Å². The number of piperidine rings is 1. The van der Waals surface area contributed by atoms with E-state index in [1.54, 1.807) is 18.2 Å². The normalized spacial score (nSPS) is 18.6. The maximum atomic E-state index is 12.6. The third-order valence-electron chi connectivity index (χ3n) is 3.55. The molecule has 1 unspecified atom stereocenters. The van der Waals surface area contributed by atoms with Crippen molar-refractivity contribution >= 4 is 41.5 Å². The Hall–Kier alpha value is -0.480. The van der Waals surface area contributed by atoms with Gasteiger partial charge in [-0.05, 0) is 50.4 Å². The van der Waals surface area contributed by atoms with Crippen LogP contribution in [0.1, 0.15) is 36.0 Å². The number of nitrogens with two attached hydrogens (primary N) is 1. The third kappa shape index (κ3) is 4.01. The van der Waals surface area contributed by atoms with Crippen LogP contribution in [0.5, 0.6) is 0 Å². The zero-order chi connectivity index (χ0) is 13.8. The van der Waals surface area contributed by atoms with E-state index in [0.29, 0.717) is 22.2 Å². The Morgan fingerprint density at radius 1 is 1.35 bits per heavy atom. The highest BCUT2D eigenvalue weighted by molar-refractivity contribution is 6.36. The van der Waals surface area contributed by atoms with Gasteiger partial charge in [-0.2, -0.15) is 0 Å². The second-order valence-electron chi connectivity index (χ2n) is 4.85. The Kier molecular flexibility index (Phi) is 7.10. The molecule has 6 heteroatoms. The highest BCUT2D eigenvalue weighted by Gasteiger charge is 2.27. The van der Waals surface area contributed by atoms with Gasteiger partial charge >= 0.3 is 0 Å². The number of hydrogen-bond donors (Lipinski definition) is 1. The summed E-state index contributed by atoms with van der Waals surface area (Å²) < 4.78 is 0. The fourth-order valence-electron chi connectivity index (χ4n) is 2.58. The summed E-state index contributed by atoms with van der Waals surface area (Å²) in [5.74, 6) is -0.0141. The largest absolute Gasteiger partial charge is 0.336 e. The second kappa shape index (κ2) is 8.08. The fourth-order valence-corrected chi connectivity index (χ4v) is 3.07. The monoisotopic (exact) mass is 336 g/mol. The SMILES string of the molecule is Cl.NCCC1CCCCN1C(=O)c1ccc(Cl)cc1Cl. The molecule has 3 nitrogen and oxygen atoms in total. The Balaban J connectivity index is 0.00000200. The maximum absolute atomic E-state index is 12.6. The van der Waals surface area contributed by atoms with Gasteiger partial charge < -0.3 is 10.6 Å². The average molecular weight is 338 g/mol. The van der Waals surface area contributed by atoms with Crippen LogP contribution < -0.4 is 5.73 Å². The zero-order valence-electron chi connectivity index (χ0n) is 11.1. The Labute approximate surface area is 135 Å². The number of halogens is 3. The predicted molar refractivity (Wildman–Crippen MR) is 86.1 cm³/mol. The first kappa shape index (κ1) is 17.6. The predicted octanol–water partition coefficient (Wildman–Crippen LogP) is 3.76. The van der Waals surface area contributed by atoms with Gasteiger partial charge in [0.2, 0.25) is 0 Å². The number of hydrogen-bond acceptors (Lipinski definition) is 2. The standard InChI is InChI=1S/C14H18Cl2N2O.ClH/c15-10-4-5-12(13(16)9-10)14(19)18-8-2-1-3-11(18)6-7-17;/h4-5,9,11H,1-3,6-8,17H2;1H. The minimum absolute atomic E-state index is 0. The molecule has 1 aliphatic rings. The molecule has 0 spiro atoms. The molecule has 2 N–H and O–H groups in total. The number of benzene rings is 1. The van der Waals surface area contributed by atoms with E-state index < -0.39 is 0 Å². The number of carbonyl (C=O) groups excluding carboxylic acids is 1. The lowest BCUT2D eigenvalue weighted by atomic mass is 9.98. The van der Waals surface area contributed by atoms with E-state index in [4.69, 9.17) is 28.9 Å². The lowest BCUT2D eigenvalue weighted by Crippen LogP contribution is -2.44. The molecule has 112 valence electrons. The Bertz CT molecular complexity index is 466. The van der Waals surface area contributed by atoms with E-state index in [2.05, 4.69) is 0 Å². The molecule has 1 fully saturated rings. The molecule has 0 bridgehead atoms. The summed E-state index contributed by atoms with van der Waals surface area (Å²) in [7, 11) is 0. The highest BCUT2D eigenvalue weighted by atomic mass is 35.5. The van der Waals surface area contributed by atoms with Gasteiger partial charge in [-0.15, -0.1) is 12.4 Å². The van der Waals surface area contributed by atoms with Gasteiger partial charge in [0.25, 0.3) is 5.91 Å². The van der Waals surface area contributed by atoms with Crippen molar-refractivity contribution in [2.75, 3.05) is 13.1 Å². The summed E-state index contributed by atoms with van der Waals surface area (Å²) in [6.07, 6.45) is 4.06. The molecule has 1 aromatic carbocycles. The summed E-state index contributed by atoms with van der Waals surface area (Å²) >= 11 is 12.0. The van der Waals surface area contributed by atoms with Crippen molar-refractivity contribution in [3.05, 3.63) is 33.8 Å². The molecular formula is C14H19Cl3N2O. The molecule has 0 saturated carbocycles. The highest BCUT2D eigenvalue weighted by Crippen LogP contribution is 2.26. The molecule has 1 aliphatic heterocycles. The van der Waals surface area contributed by atoms with Gasteiger partial charge in [-0.25, -0.2) is 0 Å². The van der Waals surface area contributed by atoms with Gasteiger partial charge in [0.15, 0.2) is 0 Å². The number of nitrogens with zero attached hydrogens (tertiary/aromatic N) is 1. The van der Waals surface area contributed by atoms with Crippen LogP contribution in [0.15, 0.2) is 18.2 Å². The van der Waals surface area contributed by atoms with Crippen molar-refractivity contribution in [3.8, 4) is 0 Å². The molecule has 0 aromatic heterocycles. The van der Waals surface area contributed by atoms with Gasteiger partial charge in [0.1, 0.15) is 0 Å². The van der Waals surface area contributed by atoms with Crippen molar-refractivity contribution in [1.82, 2.24) is 4.90 Å². The van der Waals surface area contributed by atoms with Crippen molar-refractivity contribution in [1.29, 1.82) is 0 Å². The van der Waals surface area contributed by atoms with E-state index in [1.165, 1.54) is 0 Å². The number of amides is 1. The Morgan fingerprint density at radius 3 is 2.75 bits per heavy atom. The van der Waals surface area contributed by atoms with Gasteiger partial charge in [-0.3, -0.25) is 4.79 Å². The number of rotatable bonds is 3. The van der Waals surface area contributed by atoms with Crippen molar-refractivity contribution in [3.63, 3.8) is 0 Å². The van der Waals surface area contributed by atoms with Crippen molar-refractivity contribution in [2.45, 2.75) is 31.7 Å². The third-order valence-corrected chi connectivity index (χ3v) is 4.10. The van der Waals surface area contributed by atoms with Crippen LogP contribution in [-0.4, -0.2) is 29.9 Å². The first-order chi connectivity index (χ1) is 9.13. The molecule has 0 radical (unpaired) electrons. The van der Waals surface area contributed by atoms with Crippen LogP contribution in [-0.2, 0) is 0 Å². The zero-order valence-corrected chi connectivity index (χ0v) is 13.5. The molecule has 20 heavy (non-hydrogen) atoms. The van der Waals surface area contributed by atoms with E-state index in [9.17, 15) is 4.79 Å². The van der Waals surface area contributed by atoms with Crippen LogP contribution in [0.25, 0.3) is 0 Å². The van der Waals surface area contributed by atoms with Crippen LogP contribution in [0.3, 0.4) is 0 Å². The summed E-state index contributed by atoms with van der Waals surface area (Å²) in [4.78, 5) is 14.5. The molecule has 0 aliphatic carbocycles. The van der Waals surface area contributed by atoms with Gasteiger partial charge in [-0.1, -0.05) is 23.2 Å². The number of likely N-dealkylation sites (tertiary alicyclic amines) is 1. The van der Waals surface area contributed by atoms with Crippen LogP contribution >= 0.6 is 35.6 Å². The quantitative estimate of drug-likeness (QED) is 0.913. The molecule has 2 rings (SSSR count). The summed E-state index contributed by atoms with van der Waals surface area (Å²) in [5.41, 5.74) is 6.15. The molecule has 1 amide bonds. The first-order valence-electron chi connectivity index (χ1n) is 6.59. The first-order valence-corrected chi connectivity index (χ1v) is 7.35. The van der Waals surface area contributed by atoms with E-state index in [0.717, 1.165) is 32.2 Å². The fraction of sp³-hybridized carbons (Fsp3) is 0.500. The minimum Gasteiger partial charge on any atom is -0.336 e. The molecular weight excluding hydrogens is 319 g/mol. The van der Waals surface area contributed by atoms with E-state index in [-0.39, 0.29) is 24.4 Å². The molecule has 1 aromatic rings. The molecule has 1 atom stereocenters. The van der Waals surface area contributed by atoms with Crippen molar-refractivity contribution < 1.29 is 4.79 Å². The average Bonchev–Trinajstić information content (AvgIpc) is 2.39. The van der Waals surface area contributed by atoms with Crippen molar-refractivity contribution in [2.24, 2.45) is 5.73 Å². The number of carbonyl (C=O) groups is 1. The molecule has 1 heterocycles. The molecule has 1 saturated heterocycles. The lowest BCUT2D eigenvalue weighted by Gasteiger charge is -2.36. The second-order valence-corrected chi connectivity index (χ2v) is 5.69. The summed E-state index contributed by atoms with van der Waals surface area (Å²) in [6, 6.07) is 5.24. The Morgan fingerprint density at radius 2 is 2.10 bits per heavy atom. The smallest absolute Gasteiger partial charge is 0.255 e. The van der Waals surface area contributed by atoms with Crippen LogP contribution in [0.4, 0.5) is 0 Å².